The van der Waals surface area contributed by atoms with Gasteiger partial charge in [0, 0.05) is 19.2 Å². The normalized spacial score (nSPS) is 11.3. The largest absolute Gasteiger partial charge is 0.370 e. The van der Waals surface area contributed by atoms with Crippen LogP contribution in [0.3, 0.4) is 0 Å². The lowest BCUT2D eigenvalue weighted by molar-refractivity contribution is -0.121. The molecule has 0 aliphatic rings. The molecule has 8 heteroatoms. The number of aromatic nitrogens is 1. The standard InChI is InChI=1S/C32H28N6O2/c39-31(37-35-20-23-11-13-25-6-1-3-8-27(25)18-23)10-5-17-33-30-16-15-29(22-34-30)32(40)38-36-21-24-12-14-26-7-2-4-9-28(26)19-24/h1-4,6-9,11-16,18-22H,5,10,17H2,(H,33,34)(H,37,39)(H,38,40). The van der Waals surface area contributed by atoms with Gasteiger partial charge in [0.15, 0.2) is 0 Å². The highest BCUT2D eigenvalue weighted by molar-refractivity contribution is 5.95. The predicted molar refractivity (Wildman–Crippen MR) is 161 cm³/mol. The monoisotopic (exact) mass is 528 g/mol. The van der Waals surface area contributed by atoms with E-state index in [9.17, 15) is 9.59 Å². The van der Waals surface area contributed by atoms with E-state index in [1.807, 2.05) is 78.9 Å². The molecule has 0 aliphatic carbocycles. The number of rotatable bonds is 10. The smallest absolute Gasteiger partial charge is 0.272 e. The molecule has 0 unspecified atom stereocenters. The minimum absolute atomic E-state index is 0.164. The molecule has 2 amide bonds. The number of fused-ring (bicyclic) bond motifs is 2. The Morgan fingerprint density at radius 2 is 1.30 bits per heavy atom. The van der Waals surface area contributed by atoms with Gasteiger partial charge >= 0.3 is 0 Å². The van der Waals surface area contributed by atoms with Gasteiger partial charge in [-0.3, -0.25) is 9.59 Å². The fraction of sp³-hybridized carbons (Fsp3) is 0.0938. The third-order valence-electron chi connectivity index (χ3n) is 6.24. The first-order valence-corrected chi connectivity index (χ1v) is 13.0. The molecule has 0 bridgehead atoms. The van der Waals surface area contributed by atoms with Crippen LogP contribution in [0.5, 0.6) is 0 Å². The van der Waals surface area contributed by atoms with Gasteiger partial charge in [0.05, 0.1) is 18.0 Å². The zero-order valence-electron chi connectivity index (χ0n) is 21.7. The van der Waals surface area contributed by atoms with Crippen molar-refractivity contribution in [1.82, 2.24) is 15.8 Å². The van der Waals surface area contributed by atoms with Crippen LogP contribution in [0.2, 0.25) is 0 Å². The number of hydrogen-bond donors (Lipinski definition) is 3. The molecule has 0 aliphatic heterocycles. The molecular weight excluding hydrogens is 500 g/mol. The molecule has 0 atom stereocenters. The molecule has 40 heavy (non-hydrogen) atoms. The number of hydrazone groups is 2. The number of anilines is 1. The van der Waals surface area contributed by atoms with Crippen LogP contribution < -0.4 is 16.2 Å². The van der Waals surface area contributed by atoms with Gasteiger partial charge in [-0.25, -0.2) is 15.8 Å². The van der Waals surface area contributed by atoms with Gasteiger partial charge in [-0.1, -0.05) is 72.8 Å². The lowest BCUT2D eigenvalue weighted by Gasteiger charge is -2.06. The quantitative estimate of drug-likeness (QED) is 0.126. The summed E-state index contributed by atoms with van der Waals surface area (Å²) in [6, 6.07) is 31.5. The summed E-state index contributed by atoms with van der Waals surface area (Å²) in [5.74, 6) is 0.103. The van der Waals surface area contributed by atoms with Crippen LogP contribution in [0.15, 0.2) is 113 Å². The average Bonchev–Trinajstić information content (AvgIpc) is 2.99. The Morgan fingerprint density at radius 1 is 0.700 bits per heavy atom. The molecule has 0 saturated heterocycles. The van der Waals surface area contributed by atoms with Crippen molar-refractivity contribution in [2.75, 3.05) is 11.9 Å². The van der Waals surface area contributed by atoms with E-state index in [0.29, 0.717) is 30.8 Å². The van der Waals surface area contributed by atoms with Gasteiger partial charge in [0.2, 0.25) is 5.91 Å². The number of pyridine rings is 1. The number of amides is 2. The molecule has 8 nitrogen and oxygen atoms in total. The Kier molecular flexibility index (Phi) is 8.48. The molecule has 0 radical (unpaired) electrons. The van der Waals surface area contributed by atoms with Gasteiger partial charge in [-0.05, 0) is 63.4 Å². The van der Waals surface area contributed by atoms with Crippen LogP contribution in [0, 0.1) is 0 Å². The molecule has 1 aromatic heterocycles. The highest BCUT2D eigenvalue weighted by Crippen LogP contribution is 2.15. The molecule has 0 saturated carbocycles. The maximum absolute atomic E-state index is 12.4. The molecule has 1 heterocycles. The van der Waals surface area contributed by atoms with Crippen LogP contribution in [-0.2, 0) is 4.79 Å². The third kappa shape index (κ3) is 7.14. The van der Waals surface area contributed by atoms with Crippen molar-refractivity contribution in [1.29, 1.82) is 0 Å². The van der Waals surface area contributed by atoms with Crippen molar-refractivity contribution in [2.24, 2.45) is 10.2 Å². The fourth-order valence-electron chi connectivity index (χ4n) is 4.14. The van der Waals surface area contributed by atoms with E-state index in [0.717, 1.165) is 32.7 Å². The Morgan fingerprint density at radius 3 is 1.90 bits per heavy atom. The van der Waals surface area contributed by atoms with Crippen molar-refractivity contribution in [3.63, 3.8) is 0 Å². The Balaban J connectivity index is 1.01. The van der Waals surface area contributed by atoms with Crippen LogP contribution >= 0.6 is 0 Å². The molecule has 4 aromatic carbocycles. The van der Waals surface area contributed by atoms with Crippen LogP contribution in [0.1, 0.15) is 34.3 Å². The van der Waals surface area contributed by atoms with Crippen molar-refractivity contribution in [3.8, 4) is 0 Å². The summed E-state index contributed by atoms with van der Waals surface area (Å²) in [5.41, 5.74) is 7.29. The molecule has 5 rings (SSSR count). The average molecular weight is 529 g/mol. The van der Waals surface area contributed by atoms with Crippen molar-refractivity contribution >= 4 is 51.6 Å². The first kappa shape index (κ1) is 26.2. The zero-order chi connectivity index (χ0) is 27.6. The van der Waals surface area contributed by atoms with Crippen LogP contribution in [0.4, 0.5) is 5.82 Å². The fourth-order valence-corrected chi connectivity index (χ4v) is 4.14. The molecule has 0 fully saturated rings. The molecule has 5 aromatic rings. The van der Waals surface area contributed by atoms with E-state index in [4.69, 9.17) is 0 Å². The summed E-state index contributed by atoms with van der Waals surface area (Å²) in [5, 5.41) is 15.8. The van der Waals surface area contributed by atoms with E-state index in [-0.39, 0.29) is 11.8 Å². The zero-order valence-corrected chi connectivity index (χ0v) is 21.7. The van der Waals surface area contributed by atoms with Gasteiger partial charge in [0.25, 0.3) is 5.91 Å². The molecule has 198 valence electrons. The second-order valence-electron chi connectivity index (χ2n) is 9.17. The molecule has 0 spiro atoms. The van der Waals surface area contributed by atoms with E-state index in [1.54, 1.807) is 24.6 Å². The minimum atomic E-state index is -0.350. The molecular formula is C32H28N6O2. The summed E-state index contributed by atoms with van der Waals surface area (Å²) < 4.78 is 0. The first-order chi connectivity index (χ1) is 19.6. The lowest BCUT2D eigenvalue weighted by atomic mass is 10.1. The number of carbonyl (C=O) groups is 2. The van der Waals surface area contributed by atoms with Crippen LogP contribution in [0.25, 0.3) is 21.5 Å². The number of nitrogens with zero attached hydrogens (tertiary/aromatic N) is 3. The van der Waals surface area contributed by atoms with E-state index in [1.165, 1.54) is 6.20 Å². The highest BCUT2D eigenvalue weighted by atomic mass is 16.2. The minimum Gasteiger partial charge on any atom is -0.370 e. The summed E-state index contributed by atoms with van der Waals surface area (Å²) >= 11 is 0. The summed E-state index contributed by atoms with van der Waals surface area (Å²) in [6.07, 6.45) is 5.65. The van der Waals surface area contributed by atoms with Crippen molar-refractivity contribution in [3.05, 3.63) is 120 Å². The summed E-state index contributed by atoms with van der Waals surface area (Å²) in [7, 11) is 0. The van der Waals surface area contributed by atoms with Crippen LogP contribution in [-0.4, -0.2) is 35.8 Å². The third-order valence-corrected chi connectivity index (χ3v) is 6.24. The maximum Gasteiger partial charge on any atom is 0.272 e. The van der Waals surface area contributed by atoms with E-state index >= 15 is 0 Å². The van der Waals surface area contributed by atoms with Gasteiger partial charge in [-0.15, -0.1) is 0 Å². The highest BCUT2D eigenvalue weighted by Gasteiger charge is 2.06. The van der Waals surface area contributed by atoms with Gasteiger partial charge in [-0.2, -0.15) is 10.2 Å². The first-order valence-electron chi connectivity index (χ1n) is 13.0. The Bertz CT molecular complexity index is 1700. The van der Waals surface area contributed by atoms with E-state index in [2.05, 4.69) is 37.4 Å². The Hall–Kier alpha value is -5.37. The topological polar surface area (TPSA) is 108 Å². The summed E-state index contributed by atoms with van der Waals surface area (Å²) in [4.78, 5) is 28.7. The number of carbonyl (C=O) groups excluding carboxylic acids is 2. The number of nitrogens with one attached hydrogen (secondary N) is 3. The second kappa shape index (κ2) is 12.9. The van der Waals surface area contributed by atoms with Crippen molar-refractivity contribution < 1.29 is 9.59 Å². The van der Waals surface area contributed by atoms with Gasteiger partial charge < -0.3 is 5.32 Å². The molecule has 3 N–H and O–H groups in total. The van der Waals surface area contributed by atoms with E-state index < -0.39 is 0 Å². The van der Waals surface area contributed by atoms with Gasteiger partial charge in [0.1, 0.15) is 5.82 Å². The Labute approximate surface area is 231 Å². The number of hydrogen-bond acceptors (Lipinski definition) is 6. The second-order valence-corrected chi connectivity index (χ2v) is 9.17. The van der Waals surface area contributed by atoms with Crippen molar-refractivity contribution in [2.45, 2.75) is 12.8 Å². The summed E-state index contributed by atoms with van der Waals surface area (Å²) in [6.45, 7) is 0.552. The lowest BCUT2D eigenvalue weighted by Crippen LogP contribution is -2.19. The maximum atomic E-state index is 12.4. The predicted octanol–water partition coefficient (Wildman–Crippen LogP) is 5.49. The SMILES string of the molecule is O=C(CCCNc1ccc(C(=O)NN=Cc2ccc3ccccc3c2)cn1)NN=Cc1ccc2ccccc2c1. The number of benzene rings is 4.